The minimum absolute atomic E-state index is 0.0250. The van der Waals surface area contributed by atoms with Crippen molar-refractivity contribution in [3.63, 3.8) is 0 Å². The van der Waals surface area contributed by atoms with Gasteiger partial charge in [0.1, 0.15) is 11.8 Å². The number of methoxy groups -OCH3 is 1. The lowest BCUT2D eigenvalue weighted by Crippen LogP contribution is -2.49. The summed E-state index contributed by atoms with van der Waals surface area (Å²) in [5.74, 6) is 1.73. The predicted octanol–water partition coefficient (Wildman–Crippen LogP) is 4.96. The molecule has 1 N–H and O–H groups in total. The highest BCUT2D eigenvalue weighted by molar-refractivity contribution is 7.99. The largest absolute Gasteiger partial charge is 0.497 e. The standard InChI is InChI=1S/C26H36N2O3S/c1-5-7-14-27-26(30)24(6-2)28(17-21-11-9-13-23(16-21)31-4)25(29)19-32-18-22-12-8-10-20(3)15-22/h8-13,15-16,24H,5-7,14,17-19H2,1-4H3,(H,27,30)/t24-/m1/s1. The third-order valence-corrected chi connectivity index (χ3v) is 6.27. The summed E-state index contributed by atoms with van der Waals surface area (Å²) in [5.41, 5.74) is 3.36. The summed E-state index contributed by atoms with van der Waals surface area (Å²) in [4.78, 5) is 27.9. The number of aryl methyl sites for hydroxylation is 1. The second-order valence-electron chi connectivity index (χ2n) is 7.92. The fourth-order valence-corrected chi connectivity index (χ4v) is 4.39. The van der Waals surface area contributed by atoms with E-state index >= 15 is 0 Å². The smallest absolute Gasteiger partial charge is 0.242 e. The highest BCUT2D eigenvalue weighted by Crippen LogP contribution is 2.20. The first-order valence-corrected chi connectivity index (χ1v) is 12.5. The number of unbranched alkanes of at least 4 members (excludes halogenated alkanes) is 1. The van der Waals surface area contributed by atoms with Crippen molar-refractivity contribution in [2.45, 2.75) is 58.4 Å². The van der Waals surface area contributed by atoms with Crippen molar-refractivity contribution in [3.05, 3.63) is 65.2 Å². The van der Waals surface area contributed by atoms with Crippen molar-refractivity contribution in [1.82, 2.24) is 10.2 Å². The Hall–Kier alpha value is -2.47. The van der Waals surface area contributed by atoms with Gasteiger partial charge in [0.05, 0.1) is 12.9 Å². The number of carbonyl (C=O) groups excluding carboxylic acids is 2. The van der Waals surface area contributed by atoms with Crippen molar-refractivity contribution >= 4 is 23.6 Å². The molecule has 32 heavy (non-hydrogen) atoms. The Balaban J connectivity index is 2.13. The van der Waals surface area contributed by atoms with Crippen molar-refractivity contribution in [1.29, 1.82) is 0 Å². The van der Waals surface area contributed by atoms with Gasteiger partial charge in [-0.1, -0.05) is 62.2 Å². The van der Waals surface area contributed by atoms with E-state index in [2.05, 4.69) is 37.4 Å². The van der Waals surface area contributed by atoms with Crippen molar-refractivity contribution in [3.8, 4) is 5.75 Å². The SMILES string of the molecule is CCCCNC(=O)[C@@H](CC)N(Cc1cccc(OC)c1)C(=O)CSCc1cccc(C)c1. The molecule has 0 heterocycles. The zero-order chi connectivity index (χ0) is 23.3. The molecule has 0 unspecified atom stereocenters. The van der Waals surface area contributed by atoms with Crippen molar-refractivity contribution in [2.75, 3.05) is 19.4 Å². The van der Waals surface area contributed by atoms with Gasteiger partial charge >= 0.3 is 0 Å². The number of carbonyl (C=O) groups is 2. The molecule has 0 bridgehead atoms. The first kappa shape index (κ1) is 25.8. The topological polar surface area (TPSA) is 58.6 Å². The van der Waals surface area contributed by atoms with Gasteiger partial charge in [-0.15, -0.1) is 11.8 Å². The van der Waals surface area contributed by atoms with E-state index in [0.29, 0.717) is 25.3 Å². The molecule has 0 radical (unpaired) electrons. The normalized spacial score (nSPS) is 11.6. The molecule has 174 valence electrons. The zero-order valence-corrected chi connectivity index (χ0v) is 20.5. The van der Waals surface area contributed by atoms with Crippen molar-refractivity contribution in [2.24, 2.45) is 0 Å². The maximum atomic E-state index is 13.3. The summed E-state index contributed by atoms with van der Waals surface area (Å²) in [7, 11) is 1.62. The lowest BCUT2D eigenvalue weighted by Gasteiger charge is -2.30. The average molecular weight is 457 g/mol. The minimum Gasteiger partial charge on any atom is -0.497 e. The number of amides is 2. The lowest BCUT2D eigenvalue weighted by molar-refractivity contribution is -0.139. The van der Waals surface area contributed by atoms with E-state index in [1.54, 1.807) is 23.8 Å². The van der Waals surface area contributed by atoms with Gasteiger partial charge in [-0.05, 0) is 43.0 Å². The van der Waals surface area contributed by atoms with Gasteiger partial charge < -0.3 is 15.0 Å². The second kappa shape index (κ2) is 13.8. The third kappa shape index (κ3) is 8.23. The van der Waals surface area contributed by atoms with Gasteiger partial charge in [-0.3, -0.25) is 9.59 Å². The molecular formula is C26H36N2O3S. The third-order valence-electron chi connectivity index (χ3n) is 5.28. The molecule has 2 amide bonds. The molecular weight excluding hydrogens is 420 g/mol. The number of hydrogen-bond donors (Lipinski definition) is 1. The number of benzene rings is 2. The Bertz CT molecular complexity index is 872. The number of rotatable bonds is 13. The first-order valence-electron chi connectivity index (χ1n) is 11.3. The quantitative estimate of drug-likeness (QED) is 0.433. The van der Waals surface area contributed by atoms with Crippen LogP contribution in [-0.4, -0.2) is 42.2 Å². The van der Waals surface area contributed by atoms with Gasteiger partial charge in [0.2, 0.25) is 11.8 Å². The van der Waals surface area contributed by atoms with Gasteiger partial charge in [0, 0.05) is 18.8 Å². The van der Waals surface area contributed by atoms with E-state index < -0.39 is 6.04 Å². The molecule has 6 heteroatoms. The molecule has 5 nitrogen and oxygen atoms in total. The predicted molar refractivity (Wildman–Crippen MR) is 133 cm³/mol. The second-order valence-corrected chi connectivity index (χ2v) is 8.91. The van der Waals surface area contributed by atoms with Crippen LogP contribution in [0.25, 0.3) is 0 Å². The molecule has 0 spiro atoms. The first-order chi connectivity index (χ1) is 15.5. The number of ether oxygens (including phenoxy) is 1. The van der Waals surface area contributed by atoms with E-state index in [0.717, 1.165) is 29.9 Å². The summed E-state index contributed by atoms with van der Waals surface area (Å²) >= 11 is 1.58. The van der Waals surface area contributed by atoms with Crippen LogP contribution < -0.4 is 10.1 Å². The maximum absolute atomic E-state index is 13.3. The fourth-order valence-electron chi connectivity index (χ4n) is 3.53. The zero-order valence-electron chi connectivity index (χ0n) is 19.7. The number of hydrogen-bond acceptors (Lipinski definition) is 4. The number of thioether (sulfide) groups is 1. The van der Waals surface area contributed by atoms with Gasteiger partial charge in [-0.25, -0.2) is 0 Å². The van der Waals surface area contributed by atoms with E-state index in [1.807, 2.05) is 37.3 Å². The Labute approximate surface area is 196 Å². The Morgan fingerprint density at radius 1 is 1.09 bits per heavy atom. The summed E-state index contributed by atoms with van der Waals surface area (Å²) in [6.07, 6.45) is 2.51. The monoisotopic (exact) mass is 456 g/mol. The van der Waals surface area contributed by atoms with Crippen LogP contribution in [-0.2, 0) is 21.9 Å². The lowest BCUT2D eigenvalue weighted by atomic mass is 10.1. The summed E-state index contributed by atoms with van der Waals surface area (Å²) < 4.78 is 5.33. The Morgan fingerprint density at radius 3 is 2.53 bits per heavy atom. The van der Waals surface area contributed by atoms with Crippen LogP contribution in [0, 0.1) is 6.92 Å². The average Bonchev–Trinajstić information content (AvgIpc) is 2.79. The molecule has 2 rings (SSSR count). The van der Waals surface area contributed by atoms with Gasteiger partial charge in [-0.2, -0.15) is 0 Å². The van der Waals surface area contributed by atoms with Crippen LogP contribution in [0.3, 0.4) is 0 Å². The van der Waals surface area contributed by atoms with Crippen LogP contribution in [0.1, 0.15) is 49.8 Å². The molecule has 0 aliphatic carbocycles. The molecule has 0 fully saturated rings. The van der Waals surface area contributed by atoms with E-state index in [-0.39, 0.29) is 11.8 Å². The highest BCUT2D eigenvalue weighted by atomic mass is 32.2. The molecule has 0 aliphatic rings. The number of nitrogens with one attached hydrogen (secondary N) is 1. The molecule has 2 aromatic carbocycles. The summed E-state index contributed by atoms with van der Waals surface area (Å²) in [5, 5.41) is 3.00. The fraction of sp³-hybridized carbons (Fsp3) is 0.462. The van der Waals surface area contributed by atoms with E-state index in [9.17, 15) is 9.59 Å². The molecule has 1 atom stereocenters. The summed E-state index contributed by atoms with van der Waals surface area (Å²) in [6, 6.07) is 15.5. The van der Waals surface area contributed by atoms with E-state index in [4.69, 9.17) is 4.74 Å². The Morgan fingerprint density at radius 2 is 1.84 bits per heavy atom. The Kier molecular flexibility index (Phi) is 11.2. The molecule has 0 saturated carbocycles. The van der Waals surface area contributed by atoms with Crippen LogP contribution in [0.15, 0.2) is 48.5 Å². The van der Waals surface area contributed by atoms with Gasteiger partial charge in [0.15, 0.2) is 0 Å². The highest BCUT2D eigenvalue weighted by Gasteiger charge is 2.28. The van der Waals surface area contributed by atoms with Gasteiger partial charge in [0.25, 0.3) is 0 Å². The van der Waals surface area contributed by atoms with Crippen molar-refractivity contribution < 1.29 is 14.3 Å². The maximum Gasteiger partial charge on any atom is 0.242 e. The molecule has 0 aliphatic heterocycles. The number of nitrogens with zero attached hydrogens (tertiary/aromatic N) is 1. The van der Waals surface area contributed by atoms with Crippen LogP contribution in [0.5, 0.6) is 5.75 Å². The summed E-state index contributed by atoms with van der Waals surface area (Å²) in [6.45, 7) is 7.12. The molecule has 0 saturated heterocycles. The minimum atomic E-state index is -0.495. The van der Waals surface area contributed by atoms with Crippen LogP contribution in [0.2, 0.25) is 0 Å². The molecule has 2 aromatic rings. The van der Waals surface area contributed by atoms with Crippen LogP contribution in [0.4, 0.5) is 0 Å². The van der Waals surface area contributed by atoms with E-state index in [1.165, 1.54) is 11.1 Å². The van der Waals surface area contributed by atoms with Crippen LogP contribution >= 0.6 is 11.8 Å². The molecule has 0 aromatic heterocycles.